The molecule has 5 rings (SSSR count). The van der Waals surface area contributed by atoms with Gasteiger partial charge in [0.1, 0.15) is 5.82 Å². The first kappa shape index (κ1) is 24.2. The molecular weight excluding hydrogens is 461 g/mol. The van der Waals surface area contributed by atoms with E-state index in [0.29, 0.717) is 31.0 Å². The van der Waals surface area contributed by atoms with Crippen LogP contribution in [0.3, 0.4) is 0 Å². The summed E-state index contributed by atoms with van der Waals surface area (Å²) in [6.07, 6.45) is 0. The van der Waals surface area contributed by atoms with Gasteiger partial charge in [0.15, 0.2) is 5.82 Å². The Kier molecular flexibility index (Phi) is 7.45. The third-order valence-corrected chi connectivity index (χ3v) is 6.52. The predicted octanol–water partition coefficient (Wildman–Crippen LogP) is 2.34. The summed E-state index contributed by atoms with van der Waals surface area (Å²) in [5, 5.41) is 13.3. The molecule has 1 saturated heterocycles. The van der Waals surface area contributed by atoms with Crippen molar-refractivity contribution in [3.63, 3.8) is 0 Å². The maximum absolute atomic E-state index is 13.3. The number of morpholine rings is 1. The Morgan fingerprint density at radius 3 is 2.69 bits per heavy atom. The molecule has 0 radical (unpaired) electrons. The molecule has 9 nitrogen and oxygen atoms in total. The van der Waals surface area contributed by atoms with Gasteiger partial charge in [-0.25, -0.2) is 9.07 Å². The van der Waals surface area contributed by atoms with Gasteiger partial charge in [0.2, 0.25) is 0 Å². The normalized spacial score (nSPS) is 14.6. The summed E-state index contributed by atoms with van der Waals surface area (Å²) in [5.74, 6) is 0.412. The van der Waals surface area contributed by atoms with E-state index in [9.17, 15) is 9.18 Å². The number of hydrogen-bond acceptors (Lipinski definition) is 7. The minimum absolute atomic E-state index is 0.0892. The highest BCUT2D eigenvalue weighted by Gasteiger charge is 2.18. The summed E-state index contributed by atoms with van der Waals surface area (Å²) in [4.78, 5) is 20.5. The number of aromatic nitrogens is 5. The van der Waals surface area contributed by atoms with Gasteiger partial charge in [-0.15, -0.1) is 5.10 Å². The van der Waals surface area contributed by atoms with Crippen molar-refractivity contribution < 1.29 is 9.13 Å². The van der Waals surface area contributed by atoms with E-state index in [1.165, 1.54) is 12.1 Å². The summed E-state index contributed by atoms with van der Waals surface area (Å²) in [5.41, 5.74) is 3.49. The molecule has 3 heterocycles. The summed E-state index contributed by atoms with van der Waals surface area (Å²) in [6.45, 7) is 8.28. The number of pyridine rings is 1. The van der Waals surface area contributed by atoms with Crippen molar-refractivity contribution in [3.8, 4) is 0 Å². The molecule has 0 spiro atoms. The average Bonchev–Trinajstić information content (AvgIpc) is 3.31. The number of H-pyrrole nitrogens is 1. The van der Waals surface area contributed by atoms with Crippen LogP contribution >= 0.6 is 0 Å². The number of ether oxygens (including phenoxy) is 1. The number of aromatic amines is 1. The summed E-state index contributed by atoms with van der Waals surface area (Å²) in [6, 6.07) is 14.3. The van der Waals surface area contributed by atoms with Crippen LogP contribution in [0.25, 0.3) is 10.9 Å². The van der Waals surface area contributed by atoms with Crippen molar-refractivity contribution in [2.75, 3.05) is 39.4 Å². The molecule has 1 aliphatic rings. The number of fused-ring (bicyclic) bond motifs is 1. The lowest BCUT2D eigenvalue weighted by Gasteiger charge is -2.29. The van der Waals surface area contributed by atoms with E-state index in [2.05, 4.69) is 36.4 Å². The molecule has 4 aromatic rings. The van der Waals surface area contributed by atoms with Gasteiger partial charge < -0.3 is 9.72 Å². The lowest BCUT2D eigenvalue weighted by Crippen LogP contribution is -2.41. The van der Waals surface area contributed by atoms with E-state index in [-0.39, 0.29) is 11.4 Å². The third kappa shape index (κ3) is 6.01. The van der Waals surface area contributed by atoms with Gasteiger partial charge in [0.05, 0.1) is 26.3 Å². The third-order valence-electron chi connectivity index (χ3n) is 6.52. The smallest absolute Gasteiger partial charge is 0.252 e. The van der Waals surface area contributed by atoms with Crippen molar-refractivity contribution in [2.24, 2.45) is 0 Å². The monoisotopic (exact) mass is 491 g/mol. The van der Waals surface area contributed by atoms with Gasteiger partial charge in [-0.2, -0.15) is 0 Å². The van der Waals surface area contributed by atoms with E-state index in [4.69, 9.17) is 4.74 Å². The van der Waals surface area contributed by atoms with E-state index in [1.807, 2.05) is 25.1 Å². The van der Waals surface area contributed by atoms with Crippen LogP contribution in [-0.2, 0) is 24.4 Å². The lowest BCUT2D eigenvalue weighted by atomic mass is 10.1. The molecule has 1 fully saturated rings. The molecular formula is C26H30FN7O2. The summed E-state index contributed by atoms with van der Waals surface area (Å²) >= 11 is 0. The molecule has 2 aromatic carbocycles. The summed E-state index contributed by atoms with van der Waals surface area (Å²) < 4.78 is 20.5. The largest absolute Gasteiger partial charge is 0.379 e. The van der Waals surface area contributed by atoms with E-state index in [1.54, 1.807) is 16.8 Å². The van der Waals surface area contributed by atoms with Crippen LogP contribution in [0.4, 0.5) is 4.39 Å². The Balaban J connectivity index is 1.37. The molecule has 0 atom stereocenters. The average molecular weight is 492 g/mol. The molecule has 10 heteroatoms. The Morgan fingerprint density at radius 1 is 1.08 bits per heavy atom. The quantitative estimate of drug-likeness (QED) is 0.384. The van der Waals surface area contributed by atoms with Crippen molar-refractivity contribution in [1.29, 1.82) is 0 Å². The number of tetrazole rings is 1. The van der Waals surface area contributed by atoms with Crippen LogP contribution < -0.4 is 5.56 Å². The lowest BCUT2D eigenvalue weighted by molar-refractivity contribution is 0.0322. The molecule has 0 amide bonds. The Bertz CT molecular complexity index is 1360. The number of hydrogen-bond donors (Lipinski definition) is 1. The Labute approximate surface area is 208 Å². The van der Waals surface area contributed by atoms with E-state index < -0.39 is 0 Å². The molecule has 1 N–H and O–H groups in total. The molecule has 0 unspecified atom stereocenters. The topological polar surface area (TPSA) is 92.2 Å². The second-order valence-electron chi connectivity index (χ2n) is 9.26. The predicted molar refractivity (Wildman–Crippen MR) is 134 cm³/mol. The number of benzene rings is 2. The van der Waals surface area contributed by atoms with Crippen LogP contribution in [-0.4, -0.2) is 74.4 Å². The van der Waals surface area contributed by atoms with E-state index in [0.717, 1.165) is 61.4 Å². The van der Waals surface area contributed by atoms with Crippen LogP contribution in [0.1, 0.15) is 22.5 Å². The van der Waals surface area contributed by atoms with Crippen LogP contribution in [0.5, 0.6) is 0 Å². The maximum Gasteiger partial charge on any atom is 0.252 e. The van der Waals surface area contributed by atoms with Gasteiger partial charge in [-0.3, -0.25) is 14.6 Å². The SMILES string of the molecule is Cc1ccc2[nH]c(=O)c(CN(CCN3CCOCC3)Cc3nnnn3Cc3ccc(F)cc3)cc2c1. The number of rotatable bonds is 9. The van der Waals surface area contributed by atoms with Gasteiger partial charge in [0, 0.05) is 43.8 Å². The minimum Gasteiger partial charge on any atom is -0.379 e. The standard InChI is InChI=1S/C26H30FN7O2/c1-19-2-7-24-21(14-19)15-22(26(35)28-24)17-33(9-8-32-10-12-36-13-11-32)18-25-29-30-31-34(25)16-20-3-5-23(27)6-4-20/h2-7,14-15H,8-13,16-18H2,1H3,(H,28,35). The first-order valence-electron chi connectivity index (χ1n) is 12.2. The molecule has 0 bridgehead atoms. The summed E-state index contributed by atoms with van der Waals surface area (Å²) in [7, 11) is 0. The highest BCUT2D eigenvalue weighted by atomic mass is 19.1. The van der Waals surface area contributed by atoms with Crippen molar-refractivity contribution in [3.05, 3.63) is 87.2 Å². The maximum atomic E-state index is 13.3. The molecule has 1 aliphatic heterocycles. The molecule has 188 valence electrons. The van der Waals surface area contributed by atoms with Gasteiger partial charge in [0.25, 0.3) is 5.56 Å². The second kappa shape index (κ2) is 11.1. The Morgan fingerprint density at radius 2 is 1.89 bits per heavy atom. The minimum atomic E-state index is -0.277. The number of nitrogens with one attached hydrogen (secondary N) is 1. The highest BCUT2D eigenvalue weighted by molar-refractivity contribution is 5.79. The number of nitrogens with zero attached hydrogens (tertiary/aromatic N) is 6. The number of aryl methyl sites for hydroxylation is 1. The highest BCUT2D eigenvalue weighted by Crippen LogP contribution is 2.15. The van der Waals surface area contributed by atoms with Crippen LogP contribution in [0.2, 0.25) is 0 Å². The van der Waals surface area contributed by atoms with Crippen molar-refractivity contribution in [1.82, 2.24) is 35.0 Å². The molecule has 36 heavy (non-hydrogen) atoms. The van der Waals surface area contributed by atoms with Gasteiger partial charge in [-0.05, 0) is 58.6 Å². The second-order valence-corrected chi connectivity index (χ2v) is 9.26. The zero-order chi connectivity index (χ0) is 24.9. The number of halogens is 1. The molecule has 0 saturated carbocycles. The van der Waals surface area contributed by atoms with Crippen LogP contribution in [0.15, 0.2) is 53.3 Å². The molecule has 0 aliphatic carbocycles. The van der Waals surface area contributed by atoms with Gasteiger partial charge in [-0.1, -0.05) is 23.8 Å². The van der Waals surface area contributed by atoms with Crippen LogP contribution in [0, 0.1) is 12.7 Å². The zero-order valence-corrected chi connectivity index (χ0v) is 20.4. The first-order valence-corrected chi connectivity index (χ1v) is 12.2. The Hall–Kier alpha value is -3.47. The van der Waals surface area contributed by atoms with Crippen molar-refractivity contribution >= 4 is 10.9 Å². The first-order chi connectivity index (χ1) is 17.5. The zero-order valence-electron chi connectivity index (χ0n) is 20.4. The van der Waals surface area contributed by atoms with E-state index >= 15 is 0 Å². The fourth-order valence-corrected chi connectivity index (χ4v) is 4.47. The fraction of sp³-hybridized carbons (Fsp3) is 0.385. The fourth-order valence-electron chi connectivity index (χ4n) is 4.47. The molecule has 2 aromatic heterocycles. The van der Waals surface area contributed by atoms with Gasteiger partial charge >= 0.3 is 0 Å². The van der Waals surface area contributed by atoms with Crippen molar-refractivity contribution in [2.45, 2.75) is 26.6 Å².